The third kappa shape index (κ3) is 3.56. The largest absolute Gasteiger partial charge is 0.337 e. The van der Waals surface area contributed by atoms with Crippen molar-refractivity contribution in [1.29, 1.82) is 0 Å². The van der Waals surface area contributed by atoms with Gasteiger partial charge in [-0.2, -0.15) is 0 Å². The molecule has 2 saturated heterocycles. The fourth-order valence-electron chi connectivity index (χ4n) is 4.58. The molecule has 0 aromatic heterocycles. The number of carbonyl (C=O) groups is 2. The van der Waals surface area contributed by atoms with Crippen molar-refractivity contribution in [2.24, 2.45) is 0 Å². The number of carbonyl (C=O) groups excluding carboxylic acids is 2. The van der Waals surface area contributed by atoms with Crippen LogP contribution in [-0.2, 0) is 17.8 Å². The van der Waals surface area contributed by atoms with Gasteiger partial charge in [-0.3, -0.25) is 4.79 Å². The Hall–Kier alpha value is -2.08. The van der Waals surface area contributed by atoms with Crippen molar-refractivity contribution in [3.05, 3.63) is 35.4 Å². The molecule has 6 nitrogen and oxygen atoms in total. The third-order valence-corrected chi connectivity index (χ3v) is 5.98. The molecule has 3 heterocycles. The first-order valence-electron chi connectivity index (χ1n) is 9.84. The predicted octanol–water partition coefficient (Wildman–Crippen LogP) is 1.50. The summed E-state index contributed by atoms with van der Waals surface area (Å²) in [4.78, 5) is 29.0. The number of nitrogens with one attached hydrogen (secondary N) is 2. The Bertz CT molecular complexity index is 664. The van der Waals surface area contributed by atoms with Crippen LogP contribution in [0.15, 0.2) is 24.3 Å². The van der Waals surface area contributed by atoms with E-state index in [9.17, 15) is 9.59 Å². The number of nitrogens with zero attached hydrogens (tertiary/aromatic N) is 2. The van der Waals surface area contributed by atoms with E-state index in [4.69, 9.17) is 0 Å². The molecule has 2 fully saturated rings. The topological polar surface area (TPSA) is 64.7 Å². The van der Waals surface area contributed by atoms with Crippen molar-refractivity contribution in [3.8, 4) is 0 Å². The molecule has 1 aromatic rings. The molecule has 3 aliphatic heterocycles. The van der Waals surface area contributed by atoms with E-state index in [-0.39, 0.29) is 11.9 Å². The zero-order valence-corrected chi connectivity index (χ0v) is 15.2. The second-order valence-corrected chi connectivity index (χ2v) is 7.60. The van der Waals surface area contributed by atoms with Gasteiger partial charge in [0.05, 0.1) is 0 Å². The lowest BCUT2D eigenvalue weighted by atomic mass is 10.0. The van der Waals surface area contributed by atoms with Crippen LogP contribution in [0.4, 0.5) is 4.79 Å². The van der Waals surface area contributed by atoms with Crippen molar-refractivity contribution in [1.82, 2.24) is 20.4 Å². The first kappa shape index (κ1) is 17.3. The van der Waals surface area contributed by atoms with Crippen molar-refractivity contribution in [3.63, 3.8) is 0 Å². The molecule has 2 unspecified atom stereocenters. The molecule has 1 aromatic carbocycles. The number of hydrogen-bond donors (Lipinski definition) is 2. The Morgan fingerprint density at radius 3 is 2.81 bits per heavy atom. The van der Waals surface area contributed by atoms with Crippen LogP contribution < -0.4 is 10.6 Å². The highest BCUT2D eigenvalue weighted by atomic mass is 16.2. The lowest BCUT2D eigenvalue weighted by molar-refractivity contribution is -0.133. The smallest absolute Gasteiger partial charge is 0.317 e. The van der Waals surface area contributed by atoms with Gasteiger partial charge in [-0.15, -0.1) is 0 Å². The van der Waals surface area contributed by atoms with E-state index < -0.39 is 0 Å². The highest BCUT2D eigenvalue weighted by Gasteiger charge is 2.37. The molecular weight excluding hydrogens is 328 g/mol. The molecule has 0 spiro atoms. The Kier molecular flexibility index (Phi) is 5.11. The summed E-state index contributed by atoms with van der Waals surface area (Å²) in [6.45, 7) is 3.70. The van der Waals surface area contributed by atoms with Crippen molar-refractivity contribution in [2.45, 2.75) is 50.7 Å². The van der Waals surface area contributed by atoms with Crippen LogP contribution in [0.25, 0.3) is 0 Å². The SMILES string of the molecule is O=C(NCCC(=O)N1C2CCNCC1CC2)N1CCc2ccccc2C1. The van der Waals surface area contributed by atoms with E-state index in [1.807, 2.05) is 17.0 Å². The van der Waals surface area contributed by atoms with Gasteiger partial charge in [-0.1, -0.05) is 24.3 Å². The number of urea groups is 1. The van der Waals surface area contributed by atoms with Crippen LogP contribution in [0.1, 0.15) is 36.8 Å². The minimum Gasteiger partial charge on any atom is -0.337 e. The highest BCUT2D eigenvalue weighted by molar-refractivity contribution is 5.79. The van der Waals surface area contributed by atoms with Gasteiger partial charge in [0.1, 0.15) is 0 Å². The lowest BCUT2D eigenvalue weighted by Gasteiger charge is -2.30. The second-order valence-electron chi connectivity index (χ2n) is 7.60. The number of fused-ring (bicyclic) bond motifs is 3. The quantitative estimate of drug-likeness (QED) is 0.863. The number of rotatable bonds is 3. The van der Waals surface area contributed by atoms with Gasteiger partial charge in [-0.25, -0.2) is 4.79 Å². The zero-order valence-electron chi connectivity index (χ0n) is 15.2. The minimum absolute atomic E-state index is 0.0622. The molecule has 0 saturated carbocycles. The van der Waals surface area contributed by atoms with Crippen LogP contribution in [0.2, 0.25) is 0 Å². The molecule has 4 rings (SSSR count). The van der Waals surface area contributed by atoms with E-state index in [0.717, 1.165) is 45.3 Å². The Balaban J connectivity index is 1.26. The molecule has 3 aliphatic rings. The molecule has 2 N–H and O–H groups in total. The van der Waals surface area contributed by atoms with Crippen LogP contribution in [-0.4, -0.2) is 60.0 Å². The molecule has 0 aliphatic carbocycles. The summed E-state index contributed by atoms with van der Waals surface area (Å²) in [5.41, 5.74) is 2.55. The standard InChI is InChI=1S/C20H28N4O2/c25-19(24-17-5-6-18(24)13-21-10-7-17)8-11-22-20(26)23-12-9-15-3-1-2-4-16(15)14-23/h1-4,17-18,21H,5-14H2,(H,22,26). The fourth-order valence-corrected chi connectivity index (χ4v) is 4.58. The summed E-state index contributed by atoms with van der Waals surface area (Å²) in [7, 11) is 0. The van der Waals surface area contributed by atoms with Crippen molar-refractivity contribution < 1.29 is 9.59 Å². The molecule has 6 heteroatoms. The first-order chi connectivity index (χ1) is 12.7. The Morgan fingerprint density at radius 2 is 1.92 bits per heavy atom. The Morgan fingerprint density at radius 1 is 1.12 bits per heavy atom. The van der Waals surface area contributed by atoms with E-state index >= 15 is 0 Å². The predicted molar refractivity (Wildman–Crippen MR) is 99.7 cm³/mol. The summed E-state index contributed by atoms with van der Waals surface area (Å²) in [6.07, 6.45) is 4.55. The molecular formula is C20H28N4O2. The number of amides is 3. The average Bonchev–Trinajstić information content (AvgIpc) is 2.93. The molecule has 0 radical (unpaired) electrons. The minimum atomic E-state index is -0.0622. The van der Waals surface area contributed by atoms with Gasteiger partial charge in [0.25, 0.3) is 0 Å². The maximum absolute atomic E-state index is 12.7. The van der Waals surface area contributed by atoms with Gasteiger partial charge < -0.3 is 20.4 Å². The molecule has 3 amide bonds. The maximum Gasteiger partial charge on any atom is 0.317 e. The van der Waals surface area contributed by atoms with Gasteiger partial charge in [0.2, 0.25) is 5.91 Å². The van der Waals surface area contributed by atoms with Crippen LogP contribution in [0, 0.1) is 0 Å². The lowest BCUT2D eigenvalue weighted by Crippen LogP contribution is -2.46. The first-order valence-corrected chi connectivity index (χ1v) is 9.84. The monoisotopic (exact) mass is 356 g/mol. The van der Waals surface area contributed by atoms with Crippen molar-refractivity contribution >= 4 is 11.9 Å². The van der Waals surface area contributed by atoms with E-state index in [1.165, 1.54) is 11.1 Å². The van der Waals surface area contributed by atoms with E-state index in [1.54, 1.807) is 0 Å². The Labute approximate surface area is 154 Å². The van der Waals surface area contributed by atoms with Crippen LogP contribution in [0.5, 0.6) is 0 Å². The van der Waals surface area contributed by atoms with Crippen LogP contribution >= 0.6 is 0 Å². The molecule has 2 bridgehead atoms. The van der Waals surface area contributed by atoms with E-state index in [2.05, 4.69) is 27.7 Å². The van der Waals surface area contributed by atoms with Gasteiger partial charge in [-0.05, 0) is 43.4 Å². The maximum atomic E-state index is 12.7. The van der Waals surface area contributed by atoms with Crippen LogP contribution in [0.3, 0.4) is 0 Å². The summed E-state index contributed by atoms with van der Waals surface area (Å²) in [5.74, 6) is 0.186. The molecule has 26 heavy (non-hydrogen) atoms. The normalized spacial score (nSPS) is 24.8. The van der Waals surface area contributed by atoms with E-state index in [0.29, 0.717) is 31.6 Å². The number of benzene rings is 1. The fraction of sp³-hybridized carbons (Fsp3) is 0.600. The second kappa shape index (κ2) is 7.66. The van der Waals surface area contributed by atoms with Gasteiger partial charge >= 0.3 is 6.03 Å². The summed E-state index contributed by atoms with van der Waals surface area (Å²) in [6, 6.07) is 8.94. The summed E-state index contributed by atoms with van der Waals surface area (Å²) in [5, 5.41) is 6.36. The number of hydrogen-bond acceptors (Lipinski definition) is 3. The third-order valence-electron chi connectivity index (χ3n) is 5.98. The molecule has 140 valence electrons. The van der Waals surface area contributed by atoms with Crippen molar-refractivity contribution in [2.75, 3.05) is 26.2 Å². The zero-order chi connectivity index (χ0) is 17.9. The summed E-state index contributed by atoms with van der Waals surface area (Å²) >= 11 is 0. The molecule has 2 atom stereocenters. The average molecular weight is 356 g/mol. The highest BCUT2D eigenvalue weighted by Crippen LogP contribution is 2.28. The summed E-state index contributed by atoms with van der Waals surface area (Å²) < 4.78 is 0. The van der Waals surface area contributed by atoms with Gasteiger partial charge in [0.15, 0.2) is 0 Å². The van der Waals surface area contributed by atoms with Gasteiger partial charge in [0, 0.05) is 44.7 Å².